The molecule has 3 aromatic rings. The Morgan fingerprint density at radius 1 is 0.923 bits per heavy atom. The maximum atomic E-state index is 13.6. The summed E-state index contributed by atoms with van der Waals surface area (Å²) in [5, 5.41) is 9.19. The normalized spacial score (nSPS) is 11.4. The van der Waals surface area contributed by atoms with Gasteiger partial charge >= 0.3 is 6.18 Å². The number of benzene rings is 2. The monoisotopic (exact) mass is 367 g/mol. The summed E-state index contributed by atoms with van der Waals surface area (Å²) in [5.41, 5.74) is -0.591. The molecule has 0 unspecified atom stereocenters. The van der Waals surface area contributed by atoms with Crippen molar-refractivity contribution in [2.75, 3.05) is 0 Å². The van der Waals surface area contributed by atoms with Crippen molar-refractivity contribution in [3.63, 3.8) is 0 Å². The topological polar surface area (TPSA) is 42.4 Å². The third kappa shape index (κ3) is 3.58. The van der Waals surface area contributed by atoms with Crippen LogP contribution in [0.4, 0.5) is 22.0 Å². The van der Waals surface area contributed by atoms with E-state index in [2.05, 4.69) is 4.98 Å². The predicted molar refractivity (Wildman–Crippen MR) is 82.8 cm³/mol. The summed E-state index contributed by atoms with van der Waals surface area (Å²) in [4.78, 5) is 3.95. The third-order valence-corrected chi connectivity index (χ3v) is 3.50. The first kappa shape index (κ1) is 17.7. The minimum Gasteiger partial charge on any atom is -0.503 e. The average molecular weight is 367 g/mol. The molecule has 1 heterocycles. The van der Waals surface area contributed by atoms with Gasteiger partial charge in [-0.25, -0.2) is 13.8 Å². The fraction of sp³-hybridized carbons (Fsp3) is 0.0556. The Balaban J connectivity index is 1.96. The summed E-state index contributed by atoms with van der Waals surface area (Å²) in [5.74, 6) is -3.43. The number of ether oxygens (including phenoxy) is 1. The van der Waals surface area contributed by atoms with Gasteiger partial charge in [0.2, 0.25) is 5.88 Å². The van der Waals surface area contributed by atoms with Crippen LogP contribution in [-0.4, -0.2) is 10.1 Å². The van der Waals surface area contributed by atoms with Crippen LogP contribution in [0.15, 0.2) is 54.7 Å². The zero-order valence-electron chi connectivity index (χ0n) is 12.9. The highest BCUT2D eigenvalue weighted by atomic mass is 19.4. The number of pyridine rings is 1. The molecule has 8 heteroatoms. The zero-order valence-corrected chi connectivity index (χ0v) is 12.9. The molecule has 0 spiro atoms. The summed E-state index contributed by atoms with van der Waals surface area (Å²) in [6.07, 6.45) is -3.12. The van der Waals surface area contributed by atoms with Crippen LogP contribution in [0.25, 0.3) is 11.1 Å². The van der Waals surface area contributed by atoms with E-state index < -0.39 is 29.1 Å². The van der Waals surface area contributed by atoms with Crippen LogP contribution in [-0.2, 0) is 6.18 Å². The van der Waals surface area contributed by atoms with Crippen molar-refractivity contribution in [1.82, 2.24) is 4.98 Å². The van der Waals surface area contributed by atoms with Crippen molar-refractivity contribution in [3.05, 3.63) is 71.9 Å². The summed E-state index contributed by atoms with van der Waals surface area (Å²) in [6.45, 7) is 0. The first-order valence-corrected chi connectivity index (χ1v) is 7.24. The number of aromatic nitrogens is 1. The predicted octanol–water partition coefficient (Wildman–Crippen LogP) is 5.54. The minimum atomic E-state index is -4.48. The van der Waals surface area contributed by atoms with Crippen molar-refractivity contribution in [2.45, 2.75) is 6.18 Å². The SMILES string of the molecule is Oc1c(F)cc(-c2cccnc2Oc2ccc(C(F)(F)F)cc2)cc1F. The average Bonchev–Trinajstić information content (AvgIpc) is 2.59. The van der Waals surface area contributed by atoms with Crippen LogP contribution in [0, 0.1) is 11.6 Å². The number of rotatable bonds is 3. The van der Waals surface area contributed by atoms with Crippen molar-refractivity contribution in [2.24, 2.45) is 0 Å². The smallest absolute Gasteiger partial charge is 0.416 e. The van der Waals surface area contributed by atoms with Gasteiger partial charge in [0.25, 0.3) is 0 Å². The lowest BCUT2D eigenvalue weighted by molar-refractivity contribution is -0.137. The molecule has 3 nitrogen and oxygen atoms in total. The van der Waals surface area contributed by atoms with Gasteiger partial charge in [0, 0.05) is 11.8 Å². The van der Waals surface area contributed by atoms with Gasteiger partial charge in [0.05, 0.1) is 5.56 Å². The lowest BCUT2D eigenvalue weighted by atomic mass is 10.1. The Labute approximate surface area is 144 Å². The molecule has 0 bridgehead atoms. The fourth-order valence-corrected chi connectivity index (χ4v) is 2.24. The molecule has 26 heavy (non-hydrogen) atoms. The van der Waals surface area contributed by atoms with Crippen LogP contribution in [0.1, 0.15) is 5.56 Å². The maximum Gasteiger partial charge on any atom is 0.416 e. The lowest BCUT2D eigenvalue weighted by Gasteiger charge is -2.12. The maximum absolute atomic E-state index is 13.6. The number of alkyl halides is 3. The van der Waals surface area contributed by atoms with Crippen molar-refractivity contribution < 1.29 is 31.8 Å². The molecule has 0 aliphatic carbocycles. The standard InChI is InChI=1S/C18H10F5NO2/c19-14-8-10(9-15(20)16(14)25)13-2-1-7-24-17(13)26-12-5-3-11(4-6-12)18(21,22)23/h1-9,25H. The van der Waals surface area contributed by atoms with E-state index in [0.717, 1.165) is 36.4 Å². The van der Waals surface area contributed by atoms with Gasteiger partial charge in [-0.3, -0.25) is 0 Å². The highest BCUT2D eigenvalue weighted by Crippen LogP contribution is 2.35. The number of phenols is 1. The zero-order chi connectivity index (χ0) is 18.9. The first-order valence-electron chi connectivity index (χ1n) is 7.24. The fourth-order valence-electron chi connectivity index (χ4n) is 2.24. The van der Waals surface area contributed by atoms with E-state index >= 15 is 0 Å². The molecule has 2 aromatic carbocycles. The van der Waals surface area contributed by atoms with E-state index in [4.69, 9.17) is 4.74 Å². The molecule has 0 saturated heterocycles. The second-order valence-corrected chi connectivity index (χ2v) is 5.27. The molecule has 0 atom stereocenters. The van der Waals surface area contributed by atoms with Crippen LogP contribution >= 0.6 is 0 Å². The molecular formula is C18H10F5NO2. The van der Waals surface area contributed by atoms with Gasteiger partial charge in [-0.1, -0.05) is 0 Å². The number of hydrogen-bond donors (Lipinski definition) is 1. The van der Waals surface area contributed by atoms with Crippen LogP contribution < -0.4 is 4.74 Å². The van der Waals surface area contributed by atoms with E-state index in [-0.39, 0.29) is 22.8 Å². The molecule has 0 aliphatic rings. The second-order valence-electron chi connectivity index (χ2n) is 5.27. The van der Waals surface area contributed by atoms with Gasteiger partial charge in [0.1, 0.15) is 5.75 Å². The van der Waals surface area contributed by atoms with E-state index in [1.54, 1.807) is 0 Å². The summed E-state index contributed by atoms with van der Waals surface area (Å²) in [7, 11) is 0. The summed E-state index contributed by atoms with van der Waals surface area (Å²) in [6, 6.07) is 8.67. The summed E-state index contributed by atoms with van der Waals surface area (Å²) >= 11 is 0. The molecule has 0 aliphatic heterocycles. The third-order valence-electron chi connectivity index (χ3n) is 3.50. The van der Waals surface area contributed by atoms with Gasteiger partial charge in [0.15, 0.2) is 17.4 Å². The van der Waals surface area contributed by atoms with Crippen molar-refractivity contribution >= 4 is 0 Å². The largest absolute Gasteiger partial charge is 0.503 e. The number of aromatic hydroxyl groups is 1. The van der Waals surface area contributed by atoms with Crippen molar-refractivity contribution in [1.29, 1.82) is 0 Å². The number of halogens is 5. The molecule has 1 N–H and O–H groups in total. The van der Waals surface area contributed by atoms with E-state index in [0.29, 0.717) is 0 Å². The molecular weight excluding hydrogens is 357 g/mol. The molecule has 0 amide bonds. The number of hydrogen-bond acceptors (Lipinski definition) is 3. The molecule has 134 valence electrons. The van der Waals surface area contributed by atoms with Gasteiger partial charge in [-0.15, -0.1) is 0 Å². The van der Waals surface area contributed by atoms with Crippen LogP contribution in [0.2, 0.25) is 0 Å². The Bertz CT molecular complexity index is 916. The van der Waals surface area contributed by atoms with E-state index in [1.807, 2.05) is 0 Å². The molecule has 3 rings (SSSR count). The molecule has 0 fully saturated rings. The van der Waals surface area contributed by atoms with Gasteiger partial charge < -0.3 is 9.84 Å². The molecule has 0 radical (unpaired) electrons. The van der Waals surface area contributed by atoms with E-state index in [1.165, 1.54) is 18.3 Å². The number of nitrogens with zero attached hydrogens (tertiary/aromatic N) is 1. The van der Waals surface area contributed by atoms with Crippen LogP contribution in [0.3, 0.4) is 0 Å². The molecule has 1 aromatic heterocycles. The number of phenolic OH excluding ortho intramolecular Hbond substituents is 1. The second kappa shape index (κ2) is 6.62. The lowest BCUT2D eigenvalue weighted by Crippen LogP contribution is -2.04. The quantitative estimate of drug-likeness (QED) is 0.618. The highest BCUT2D eigenvalue weighted by molar-refractivity contribution is 5.69. The Morgan fingerprint density at radius 3 is 2.12 bits per heavy atom. The van der Waals surface area contributed by atoms with Crippen LogP contribution in [0.5, 0.6) is 17.4 Å². The minimum absolute atomic E-state index is 0.0489. The van der Waals surface area contributed by atoms with Crippen molar-refractivity contribution in [3.8, 4) is 28.5 Å². The highest BCUT2D eigenvalue weighted by Gasteiger charge is 2.30. The summed E-state index contributed by atoms with van der Waals surface area (Å²) < 4.78 is 70.4. The first-order chi connectivity index (χ1) is 12.3. The van der Waals surface area contributed by atoms with Gasteiger partial charge in [-0.2, -0.15) is 13.2 Å². The van der Waals surface area contributed by atoms with E-state index in [9.17, 15) is 27.1 Å². The Morgan fingerprint density at radius 2 is 1.54 bits per heavy atom. The Hall–Kier alpha value is -3.16. The van der Waals surface area contributed by atoms with Gasteiger partial charge in [-0.05, 0) is 54.1 Å². The molecule has 0 saturated carbocycles. The Kier molecular flexibility index (Phi) is 4.50.